The number of carbonyl (C=O) groups excluding carboxylic acids is 1. The number of carbonyl (C=O) groups is 1. The maximum Gasteiger partial charge on any atom is 0.256 e. The van der Waals surface area contributed by atoms with Crippen LogP contribution in [0, 0.1) is 8.70 Å². The van der Waals surface area contributed by atoms with Gasteiger partial charge < -0.3 is 10.1 Å². The predicted octanol–water partition coefficient (Wildman–Crippen LogP) is 3.75. The molecular formula is C12H9FINO2S. The van der Waals surface area contributed by atoms with E-state index >= 15 is 0 Å². The average molecular weight is 377 g/mol. The Morgan fingerprint density at radius 2 is 2.22 bits per heavy atom. The summed E-state index contributed by atoms with van der Waals surface area (Å²) >= 11 is 3.59. The van der Waals surface area contributed by atoms with E-state index in [0.717, 1.165) is 2.88 Å². The van der Waals surface area contributed by atoms with Gasteiger partial charge in [-0.2, -0.15) is 0 Å². The zero-order valence-corrected chi connectivity index (χ0v) is 12.3. The van der Waals surface area contributed by atoms with Gasteiger partial charge in [0.2, 0.25) is 0 Å². The highest BCUT2D eigenvalue weighted by atomic mass is 127. The summed E-state index contributed by atoms with van der Waals surface area (Å²) in [6.45, 7) is 0. The van der Waals surface area contributed by atoms with Gasteiger partial charge in [0.25, 0.3) is 5.91 Å². The summed E-state index contributed by atoms with van der Waals surface area (Å²) in [7, 11) is 1.49. The van der Waals surface area contributed by atoms with E-state index < -0.39 is 5.82 Å². The van der Waals surface area contributed by atoms with E-state index in [0.29, 0.717) is 11.3 Å². The summed E-state index contributed by atoms with van der Waals surface area (Å²) < 4.78 is 19.5. The highest BCUT2D eigenvalue weighted by molar-refractivity contribution is 14.1. The first-order valence-electron chi connectivity index (χ1n) is 4.99. The topological polar surface area (TPSA) is 38.3 Å². The van der Waals surface area contributed by atoms with Crippen molar-refractivity contribution in [1.29, 1.82) is 0 Å². The van der Waals surface area contributed by atoms with Crippen molar-refractivity contribution in [2.24, 2.45) is 0 Å². The van der Waals surface area contributed by atoms with Crippen LogP contribution in [0.2, 0.25) is 0 Å². The van der Waals surface area contributed by atoms with Gasteiger partial charge in [-0.05, 0) is 40.8 Å². The molecule has 0 saturated heterocycles. The highest BCUT2D eigenvalue weighted by Gasteiger charge is 2.11. The molecule has 1 heterocycles. The van der Waals surface area contributed by atoms with Crippen LogP contribution >= 0.6 is 33.9 Å². The minimum absolute atomic E-state index is 0.112. The van der Waals surface area contributed by atoms with E-state index in [1.807, 2.05) is 0 Å². The third-order valence-electron chi connectivity index (χ3n) is 2.25. The van der Waals surface area contributed by atoms with Gasteiger partial charge in [0.05, 0.1) is 21.2 Å². The van der Waals surface area contributed by atoms with Crippen LogP contribution in [0.3, 0.4) is 0 Å². The maximum absolute atomic E-state index is 13.5. The van der Waals surface area contributed by atoms with Crippen molar-refractivity contribution >= 4 is 45.5 Å². The SMILES string of the molecule is COc1ccc(F)c(NC(=O)c2csc(I)c2)c1. The Labute approximate surface area is 121 Å². The number of halogens is 2. The Hall–Kier alpha value is -1.15. The normalized spacial score (nSPS) is 10.2. The first-order chi connectivity index (χ1) is 8.60. The van der Waals surface area contributed by atoms with Crippen LogP contribution in [0.4, 0.5) is 10.1 Å². The van der Waals surface area contributed by atoms with Crippen molar-refractivity contribution in [2.45, 2.75) is 0 Å². The molecule has 0 atom stereocenters. The van der Waals surface area contributed by atoms with Gasteiger partial charge in [0.1, 0.15) is 11.6 Å². The molecule has 1 aromatic carbocycles. The van der Waals surface area contributed by atoms with Crippen molar-refractivity contribution in [3.05, 3.63) is 43.9 Å². The molecule has 2 rings (SSSR count). The Balaban J connectivity index is 2.21. The van der Waals surface area contributed by atoms with E-state index in [1.165, 1.54) is 36.6 Å². The molecule has 94 valence electrons. The quantitative estimate of drug-likeness (QED) is 0.828. The van der Waals surface area contributed by atoms with E-state index in [-0.39, 0.29) is 11.6 Å². The number of thiophene rings is 1. The van der Waals surface area contributed by atoms with Gasteiger partial charge in [0, 0.05) is 11.4 Å². The second-order valence-corrected chi connectivity index (χ2v) is 6.24. The smallest absolute Gasteiger partial charge is 0.256 e. The van der Waals surface area contributed by atoms with Crippen LogP contribution in [-0.4, -0.2) is 13.0 Å². The number of benzene rings is 1. The fraction of sp³-hybridized carbons (Fsp3) is 0.0833. The molecule has 0 aliphatic carbocycles. The summed E-state index contributed by atoms with van der Waals surface area (Å²) in [4.78, 5) is 11.9. The standard InChI is InChI=1S/C12H9FINO2S/c1-17-8-2-3-9(13)10(5-8)15-12(16)7-4-11(14)18-6-7/h2-6H,1H3,(H,15,16). The zero-order chi connectivity index (χ0) is 13.1. The fourth-order valence-electron chi connectivity index (χ4n) is 1.35. The minimum atomic E-state index is -0.492. The van der Waals surface area contributed by atoms with Gasteiger partial charge in [-0.3, -0.25) is 4.79 Å². The number of hydrogen-bond donors (Lipinski definition) is 1. The second-order valence-electron chi connectivity index (χ2n) is 3.44. The molecule has 18 heavy (non-hydrogen) atoms. The molecule has 3 nitrogen and oxygen atoms in total. The molecule has 0 fully saturated rings. The molecule has 0 aliphatic heterocycles. The van der Waals surface area contributed by atoms with Crippen LogP contribution < -0.4 is 10.1 Å². The molecule has 0 saturated carbocycles. The number of anilines is 1. The average Bonchev–Trinajstić information content (AvgIpc) is 2.79. The number of nitrogens with one attached hydrogen (secondary N) is 1. The monoisotopic (exact) mass is 377 g/mol. The molecule has 1 amide bonds. The third kappa shape index (κ3) is 2.99. The zero-order valence-electron chi connectivity index (χ0n) is 9.37. The molecule has 1 aromatic heterocycles. The molecule has 0 spiro atoms. The van der Waals surface area contributed by atoms with Gasteiger partial charge in [0.15, 0.2) is 0 Å². The van der Waals surface area contributed by atoms with Crippen LogP contribution in [0.1, 0.15) is 10.4 Å². The number of amides is 1. The number of ether oxygens (including phenoxy) is 1. The van der Waals surface area contributed by atoms with Crippen LogP contribution in [0.25, 0.3) is 0 Å². The van der Waals surface area contributed by atoms with Crippen LogP contribution in [0.15, 0.2) is 29.6 Å². The maximum atomic E-state index is 13.5. The van der Waals surface area contributed by atoms with Crippen molar-refractivity contribution in [3.63, 3.8) is 0 Å². The third-order valence-corrected chi connectivity index (χ3v) is 4.04. The Bertz CT molecular complexity index is 585. The van der Waals surface area contributed by atoms with Crippen molar-refractivity contribution in [3.8, 4) is 5.75 Å². The predicted molar refractivity (Wildman–Crippen MR) is 77.9 cm³/mol. The molecule has 0 bridgehead atoms. The molecule has 1 N–H and O–H groups in total. The van der Waals surface area contributed by atoms with Crippen molar-refractivity contribution < 1.29 is 13.9 Å². The Morgan fingerprint density at radius 3 is 2.83 bits per heavy atom. The molecular weight excluding hydrogens is 368 g/mol. The van der Waals surface area contributed by atoms with Gasteiger partial charge in [-0.1, -0.05) is 0 Å². The van der Waals surface area contributed by atoms with E-state index in [4.69, 9.17) is 4.74 Å². The lowest BCUT2D eigenvalue weighted by Gasteiger charge is -2.07. The van der Waals surface area contributed by atoms with E-state index in [9.17, 15) is 9.18 Å². The number of hydrogen-bond acceptors (Lipinski definition) is 3. The summed E-state index contributed by atoms with van der Waals surface area (Å²) in [6.07, 6.45) is 0. The molecule has 0 unspecified atom stereocenters. The molecule has 0 aliphatic rings. The van der Waals surface area contributed by atoms with Gasteiger partial charge in [-0.15, -0.1) is 11.3 Å². The summed E-state index contributed by atoms with van der Waals surface area (Å²) in [6, 6.07) is 5.95. The van der Waals surface area contributed by atoms with Crippen molar-refractivity contribution in [2.75, 3.05) is 12.4 Å². The lowest BCUT2D eigenvalue weighted by atomic mass is 10.2. The summed E-state index contributed by atoms with van der Waals surface area (Å²) in [5.41, 5.74) is 0.632. The molecule has 0 radical (unpaired) electrons. The van der Waals surface area contributed by atoms with E-state index in [1.54, 1.807) is 11.4 Å². The lowest BCUT2D eigenvalue weighted by Crippen LogP contribution is -2.12. The second kappa shape index (κ2) is 5.66. The van der Waals surface area contributed by atoms with Crippen LogP contribution in [0.5, 0.6) is 5.75 Å². The van der Waals surface area contributed by atoms with Gasteiger partial charge >= 0.3 is 0 Å². The number of rotatable bonds is 3. The Kier molecular flexibility index (Phi) is 4.18. The summed E-state index contributed by atoms with van der Waals surface area (Å²) in [5.74, 6) is -0.331. The van der Waals surface area contributed by atoms with Crippen LogP contribution in [-0.2, 0) is 0 Å². The highest BCUT2D eigenvalue weighted by Crippen LogP contribution is 2.23. The summed E-state index contributed by atoms with van der Waals surface area (Å²) in [5, 5.41) is 4.26. The largest absolute Gasteiger partial charge is 0.497 e. The number of methoxy groups -OCH3 is 1. The van der Waals surface area contributed by atoms with Gasteiger partial charge in [-0.25, -0.2) is 4.39 Å². The Morgan fingerprint density at radius 1 is 1.44 bits per heavy atom. The molecule has 2 aromatic rings. The first-order valence-corrected chi connectivity index (χ1v) is 6.95. The lowest BCUT2D eigenvalue weighted by molar-refractivity contribution is 0.102. The van der Waals surface area contributed by atoms with Crippen molar-refractivity contribution in [1.82, 2.24) is 0 Å². The van der Waals surface area contributed by atoms with E-state index in [2.05, 4.69) is 27.9 Å². The molecule has 6 heteroatoms. The first kappa shape index (κ1) is 13.3. The minimum Gasteiger partial charge on any atom is -0.497 e. The fourth-order valence-corrected chi connectivity index (χ4v) is 2.68.